The first-order chi connectivity index (χ1) is 13.1. The van der Waals surface area contributed by atoms with E-state index in [1.54, 1.807) is 14.2 Å². The molecule has 0 bridgehead atoms. The average Bonchev–Trinajstić information content (AvgIpc) is 2.93. The maximum absolute atomic E-state index is 12.2. The zero-order valence-corrected chi connectivity index (χ0v) is 16.2. The van der Waals surface area contributed by atoms with E-state index in [2.05, 4.69) is 16.7 Å². The zero-order valence-electron chi connectivity index (χ0n) is 16.2. The van der Waals surface area contributed by atoms with E-state index >= 15 is 0 Å². The fourth-order valence-corrected chi connectivity index (χ4v) is 3.42. The smallest absolute Gasteiger partial charge is 0.310 e. The average molecular weight is 367 g/mol. The number of methoxy groups -OCH3 is 2. The molecule has 3 rings (SSSR count). The molecule has 0 N–H and O–H groups in total. The van der Waals surface area contributed by atoms with Crippen molar-refractivity contribution in [1.82, 2.24) is 4.57 Å². The summed E-state index contributed by atoms with van der Waals surface area (Å²) in [6.07, 6.45) is 0.230. The highest BCUT2D eigenvalue weighted by Crippen LogP contribution is 2.37. The number of hydrogen-bond donors (Lipinski definition) is 0. The largest absolute Gasteiger partial charge is 0.493 e. The quantitative estimate of drug-likeness (QED) is 0.590. The Bertz CT molecular complexity index is 944. The summed E-state index contributed by atoms with van der Waals surface area (Å²) in [6, 6.07) is 14.2. The summed E-state index contributed by atoms with van der Waals surface area (Å²) < 4.78 is 18.3. The van der Waals surface area contributed by atoms with E-state index in [0.717, 1.165) is 22.2 Å². The number of nitrogens with zero attached hydrogens (tertiary/aromatic N) is 1. The Kier molecular flexibility index (Phi) is 5.69. The molecule has 0 saturated carbocycles. The third-order valence-electron chi connectivity index (χ3n) is 4.77. The normalized spacial score (nSPS) is 10.8. The lowest BCUT2D eigenvalue weighted by molar-refractivity contribution is -0.142. The fraction of sp³-hybridized carbons (Fsp3) is 0.318. The topological polar surface area (TPSA) is 49.7 Å². The first-order valence-corrected chi connectivity index (χ1v) is 9.02. The van der Waals surface area contributed by atoms with Gasteiger partial charge in [0.25, 0.3) is 0 Å². The van der Waals surface area contributed by atoms with Gasteiger partial charge >= 0.3 is 5.97 Å². The van der Waals surface area contributed by atoms with Crippen molar-refractivity contribution in [3.8, 4) is 11.5 Å². The minimum Gasteiger partial charge on any atom is -0.493 e. The van der Waals surface area contributed by atoms with Gasteiger partial charge in [0.15, 0.2) is 11.5 Å². The molecular formula is C22H25NO4. The van der Waals surface area contributed by atoms with Crippen molar-refractivity contribution >= 4 is 16.9 Å². The Morgan fingerprint density at radius 3 is 2.33 bits per heavy atom. The Morgan fingerprint density at radius 1 is 1.04 bits per heavy atom. The molecule has 3 aromatic rings. The fourth-order valence-electron chi connectivity index (χ4n) is 3.42. The van der Waals surface area contributed by atoms with Crippen molar-refractivity contribution in [2.24, 2.45) is 0 Å². The molecule has 0 aliphatic heterocycles. The van der Waals surface area contributed by atoms with Crippen LogP contribution in [0.5, 0.6) is 11.5 Å². The summed E-state index contributed by atoms with van der Waals surface area (Å²) in [6.45, 7) is 4.94. The lowest BCUT2D eigenvalue weighted by Gasteiger charge is -2.11. The highest BCUT2D eigenvalue weighted by molar-refractivity contribution is 5.92. The number of carbonyl (C=O) groups excluding carboxylic acids is 1. The van der Waals surface area contributed by atoms with Crippen LogP contribution >= 0.6 is 0 Å². The number of benzene rings is 2. The number of fused-ring (bicyclic) bond motifs is 1. The molecule has 0 fully saturated rings. The van der Waals surface area contributed by atoms with Crippen molar-refractivity contribution in [3.05, 3.63) is 59.3 Å². The number of carbonyl (C=O) groups is 1. The van der Waals surface area contributed by atoms with Crippen LogP contribution in [0.25, 0.3) is 10.9 Å². The molecular weight excluding hydrogens is 342 g/mol. The van der Waals surface area contributed by atoms with Gasteiger partial charge in [-0.1, -0.05) is 30.3 Å². The highest BCUT2D eigenvalue weighted by atomic mass is 16.5. The van der Waals surface area contributed by atoms with Crippen LogP contribution in [0.2, 0.25) is 0 Å². The molecule has 142 valence electrons. The SMILES string of the molecule is CCOC(=O)Cc1c(C)n(Cc2ccccc2)c2cc(OC)c(OC)cc12. The third-order valence-corrected chi connectivity index (χ3v) is 4.77. The van der Waals surface area contributed by atoms with E-state index in [1.807, 2.05) is 44.2 Å². The van der Waals surface area contributed by atoms with Gasteiger partial charge in [0.05, 0.1) is 32.8 Å². The zero-order chi connectivity index (χ0) is 19.4. The number of esters is 1. The number of hydrogen-bond acceptors (Lipinski definition) is 4. The van der Waals surface area contributed by atoms with Crippen LogP contribution in [-0.2, 0) is 22.5 Å². The van der Waals surface area contributed by atoms with Gasteiger partial charge in [0, 0.05) is 23.7 Å². The van der Waals surface area contributed by atoms with Crippen molar-refractivity contribution in [1.29, 1.82) is 0 Å². The van der Waals surface area contributed by atoms with Crippen LogP contribution in [0, 0.1) is 6.92 Å². The molecule has 1 heterocycles. The van der Waals surface area contributed by atoms with E-state index < -0.39 is 0 Å². The lowest BCUT2D eigenvalue weighted by Crippen LogP contribution is -2.09. The molecule has 0 aliphatic carbocycles. The van der Waals surface area contributed by atoms with E-state index in [1.165, 1.54) is 5.56 Å². The van der Waals surface area contributed by atoms with Crippen molar-refractivity contribution < 1.29 is 19.0 Å². The Morgan fingerprint density at radius 2 is 1.70 bits per heavy atom. The van der Waals surface area contributed by atoms with Gasteiger partial charge in [0.1, 0.15) is 0 Å². The second-order valence-corrected chi connectivity index (χ2v) is 6.34. The summed E-state index contributed by atoms with van der Waals surface area (Å²) in [7, 11) is 3.24. The van der Waals surface area contributed by atoms with Crippen molar-refractivity contribution in [2.75, 3.05) is 20.8 Å². The minimum absolute atomic E-state index is 0.228. The number of rotatable bonds is 7. The van der Waals surface area contributed by atoms with Crippen LogP contribution in [0.3, 0.4) is 0 Å². The van der Waals surface area contributed by atoms with E-state index in [-0.39, 0.29) is 12.4 Å². The second kappa shape index (κ2) is 8.16. The van der Waals surface area contributed by atoms with Gasteiger partial charge in [0.2, 0.25) is 0 Å². The van der Waals surface area contributed by atoms with Crippen LogP contribution in [0.1, 0.15) is 23.7 Å². The monoisotopic (exact) mass is 367 g/mol. The molecule has 5 nitrogen and oxygen atoms in total. The van der Waals surface area contributed by atoms with Gasteiger partial charge in [-0.25, -0.2) is 0 Å². The maximum Gasteiger partial charge on any atom is 0.310 e. The number of aromatic nitrogens is 1. The molecule has 2 aromatic carbocycles. The molecule has 0 saturated heterocycles. The lowest BCUT2D eigenvalue weighted by atomic mass is 10.1. The summed E-state index contributed by atoms with van der Waals surface area (Å²) >= 11 is 0. The highest BCUT2D eigenvalue weighted by Gasteiger charge is 2.20. The molecule has 27 heavy (non-hydrogen) atoms. The van der Waals surface area contributed by atoms with E-state index in [4.69, 9.17) is 14.2 Å². The first kappa shape index (κ1) is 18.8. The molecule has 0 aliphatic rings. The van der Waals surface area contributed by atoms with Crippen molar-refractivity contribution in [3.63, 3.8) is 0 Å². The van der Waals surface area contributed by atoms with Gasteiger partial charge < -0.3 is 18.8 Å². The Balaban J connectivity index is 2.17. The van der Waals surface area contributed by atoms with Gasteiger partial charge in [-0.15, -0.1) is 0 Å². The molecule has 0 atom stereocenters. The predicted octanol–water partition coefficient (Wildman–Crippen LogP) is 4.12. The van der Waals surface area contributed by atoms with Crippen LogP contribution in [0.15, 0.2) is 42.5 Å². The van der Waals surface area contributed by atoms with Gasteiger partial charge in [-0.2, -0.15) is 0 Å². The van der Waals surface area contributed by atoms with Crippen LogP contribution in [-0.4, -0.2) is 31.4 Å². The first-order valence-electron chi connectivity index (χ1n) is 9.02. The third kappa shape index (κ3) is 3.77. The van der Waals surface area contributed by atoms with E-state index in [9.17, 15) is 4.79 Å². The summed E-state index contributed by atoms with van der Waals surface area (Å²) in [5.41, 5.74) is 4.20. The molecule has 1 aromatic heterocycles. The Labute approximate surface area is 159 Å². The number of ether oxygens (including phenoxy) is 3. The maximum atomic E-state index is 12.2. The second-order valence-electron chi connectivity index (χ2n) is 6.34. The van der Waals surface area contributed by atoms with Gasteiger partial charge in [-0.05, 0) is 31.0 Å². The summed E-state index contributed by atoms with van der Waals surface area (Å²) in [5, 5.41) is 0.981. The molecule has 0 unspecified atom stereocenters. The Hall–Kier alpha value is -2.95. The molecule has 0 spiro atoms. The van der Waals surface area contributed by atoms with E-state index in [0.29, 0.717) is 24.7 Å². The van der Waals surface area contributed by atoms with Crippen LogP contribution in [0.4, 0.5) is 0 Å². The van der Waals surface area contributed by atoms with Crippen molar-refractivity contribution in [2.45, 2.75) is 26.8 Å². The molecule has 5 heteroatoms. The summed E-state index contributed by atoms with van der Waals surface area (Å²) in [5.74, 6) is 1.08. The van der Waals surface area contributed by atoms with Crippen LogP contribution < -0.4 is 9.47 Å². The standard InChI is InChI=1S/C22H25NO4/c1-5-27-22(24)12-17-15(2)23(14-16-9-7-6-8-10-16)19-13-21(26-4)20(25-3)11-18(17)19/h6-11,13H,5,12,14H2,1-4H3. The van der Waals surface area contributed by atoms with Gasteiger partial charge in [-0.3, -0.25) is 4.79 Å². The molecule has 0 amide bonds. The predicted molar refractivity (Wildman–Crippen MR) is 106 cm³/mol. The molecule has 0 radical (unpaired) electrons. The summed E-state index contributed by atoms with van der Waals surface area (Å²) in [4.78, 5) is 12.2. The minimum atomic E-state index is -0.228.